The lowest BCUT2D eigenvalue weighted by Gasteiger charge is -2.09. The summed E-state index contributed by atoms with van der Waals surface area (Å²) in [6.07, 6.45) is 2.90. The van der Waals surface area contributed by atoms with Gasteiger partial charge in [0, 0.05) is 0 Å². The van der Waals surface area contributed by atoms with Crippen LogP contribution in [0.1, 0.15) is 19.3 Å². The molecule has 1 N–H and O–H groups in total. The molecule has 1 rings (SSSR count). The summed E-state index contributed by atoms with van der Waals surface area (Å²) in [5.74, 6) is 1.53. The molecule has 0 bridgehead atoms. The second-order valence-electron chi connectivity index (χ2n) is 2.50. The molecule has 0 aromatic rings. The van der Waals surface area contributed by atoms with Crippen LogP contribution >= 0.6 is 0 Å². The minimum atomic E-state index is -2.88. The van der Waals surface area contributed by atoms with Crippen LogP contribution in [0.4, 0.5) is 0 Å². The summed E-state index contributed by atoms with van der Waals surface area (Å²) < 4.78 is 21.8. The van der Waals surface area contributed by atoms with Crippen LogP contribution in [0.15, 0.2) is 0 Å². The zero-order valence-corrected chi connectivity index (χ0v) is 6.65. The lowest BCUT2D eigenvalue weighted by Crippen LogP contribution is -2.23. The Kier molecular flexibility index (Phi) is 2.68. The number of nitrogens with one attached hydrogen (secondary N) is 1. The first-order chi connectivity index (χ1) is 4.71. The molecule has 59 valence electrons. The molecule has 0 saturated carbocycles. The molecular weight excluding hydrogens is 150 g/mol. The van der Waals surface area contributed by atoms with Crippen molar-refractivity contribution in [2.45, 2.75) is 19.3 Å². The summed E-state index contributed by atoms with van der Waals surface area (Å²) >= 11 is 0. The topological polar surface area (TPSA) is 46.2 Å². The third-order valence-electron chi connectivity index (χ3n) is 1.51. The van der Waals surface area contributed by atoms with Gasteiger partial charge < -0.3 is 0 Å². The maximum absolute atomic E-state index is 10.9. The summed E-state index contributed by atoms with van der Waals surface area (Å²) in [7, 11) is -2.88. The van der Waals surface area contributed by atoms with E-state index >= 15 is 0 Å². The quantitative estimate of drug-likeness (QED) is 0.557. The fourth-order valence-corrected chi connectivity index (χ4v) is 2.05. The van der Waals surface area contributed by atoms with Gasteiger partial charge in [0.05, 0.1) is 5.75 Å². The largest absolute Gasteiger partial charge is 0.299 e. The van der Waals surface area contributed by atoms with Crippen LogP contribution in [0.25, 0.3) is 0 Å². The van der Waals surface area contributed by atoms with E-state index in [4.69, 9.17) is 0 Å². The Morgan fingerprint density at radius 3 is 2.80 bits per heavy atom. The molecule has 10 heavy (non-hydrogen) atoms. The molecule has 1 aliphatic rings. The van der Waals surface area contributed by atoms with E-state index < -0.39 is 9.84 Å². The van der Waals surface area contributed by atoms with Gasteiger partial charge in [-0.25, -0.2) is 8.42 Å². The van der Waals surface area contributed by atoms with Gasteiger partial charge in [0.25, 0.3) is 0 Å². The lowest BCUT2D eigenvalue weighted by atomic mass is 10.2. The minimum Gasteiger partial charge on any atom is -0.299 e. The normalized spacial score (nSPS) is 26.8. The van der Waals surface area contributed by atoms with Crippen molar-refractivity contribution in [2.24, 2.45) is 0 Å². The van der Waals surface area contributed by atoms with Crippen LogP contribution in [0.2, 0.25) is 0 Å². The van der Waals surface area contributed by atoms with Gasteiger partial charge in [-0.2, -0.15) is 0 Å². The van der Waals surface area contributed by atoms with E-state index in [1.54, 1.807) is 0 Å². The maximum Gasteiger partial charge on any atom is 0.168 e. The highest BCUT2D eigenvalue weighted by molar-refractivity contribution is 7.93. The molecule has 1 heterocycles. The summed E-state index contributed by atoms with van der Waals surface area (Å²) in [6, 6.07) is 0. The van der Waals surface area contributed by atoms with Gasteiger partial charge in [0.2, 0.25) is 0 Å². The summed E-state index contributed by atoms with van der Waals surface area (Å²) in [6.45, 7) is 0.791. The second kappa shape index (κ2) is 3.34. The molecule has 1 radical (unpaired) electrons. The smallest absolute Gasteiger partial charge is 0.168 e. The Morgan fingerprint density at radius 2 is 2.00 bits per heavy atom. The van der Waals surface area contributed by atoms with Gasteiger partial charge in [-0.1, -0.05) is 6.42 Å². The Balaban J connectivity index is 2.46. The van der Waals surface area contributed by atoms with Crippen molar-refractivity contribution in [3.8, 4) is 0 Å². The van der Waals surface area contributed by atoms with E-state index in [9.17, 15) is 8.42 Å². The lowest BCUT2D eigenvalue weighted by molar-refractivity contribution is 0.577. The van der Waals surface area contributed by atoms with Gasteiger partial charge in [-0.05, 0) is 19.4 Å². The standard InChI is InChI=1S/C6H12NO2S/c8-10(9)5-3-1-2-4-7-6-10/h6-7H,1-5H2. The van der Waals surface area contributed by atoms with Crippen molar-refractivity contribution in [3.05, 3.63) is 5.88 Å². The van der Waals surface area contributed by atoms with Crippen LogP contribution in [-0.2, 0) is 9.84 Å². The Morgan fingerprint density at radius 1 is 1.20 bits per heavy atom. The van der Waals surface area contributed by atoms with Crippen LogP contribution < -0.4 is 5.32 Å². The van der Waals surface area contributed by atoms with Crippen LogP contribution in [-0.4, -0.2) is 20.7 Å². The van der Waals surface area contributed by atoms with E-state index in [0.717, 1.165) is 25.8 Å². The Labute approximate surface area is 61.7 Å². The average molecular weight is 162 g/mol. The summed E-state index contributed by atoms with van der Waals surface area (Å²) in [4.78, 5) is 0. The Hall–Kier alpha value is -0.0900. The first-order valence-corrected chi connectivity index (χ1v) is 5.22. The molecule has 1 fully saturated rings. The van der Waals surface area contributed by atoms with Gasteiger partial charge in [0.15, 0.2) is 9.84 Å². The van der Waals surface area contributed by atoms with E-state index in [-0.39, 0.29) is 0 Å². The van der Waals surface area contributed by atoms with Crippen LogP contribution in [0.5, 0.6) is 0 Å². The SMILES string of the molecule is O=S1(=O)[CH]NCCCCC1. The number of rotatable bonds is 0. The fraction of sp³-hybridized carbons (Fsp3) is 0.833. The van der Waals surface area contributed by atoms with Crippen molar-refractivity contribution in [2.75, 3.05) is 12.3 Å². The minimum absolute atomic E-state index is 0.306. The van der Waals surface area contributed by atoms with Crippen molar-refractivity contribution in [1.29, 1.82) is 0 Å². The zero-order valence-electron chi connectivity index (χ0n) is 5.84. The van der Waals surface area contributed by atoms with Crippen molar-refractivity contribution in [1.82, 2.24) is 5.32 Å². The third-order valence-corrected chi connectivity index (χ3v) is 2.90. The number of sulfone groups is 1. The third kappa shape index (κ3) is 2.66. The van der Waals surface area contributed by atoms with Gasteiger partial charge in [0.1, 0.15) is 5.88 Å². The molecule has 0 aromatic heterocycles. The molecule has 0 aliphatic carbocycles. The molecule has 1 aliphatic heterocycles. The highest BCUT2D eigenvalue weighted by atomic mass is 32.2. The van der Waals surface area contributed by atoms with E-state index in [1.165, 1.54) is 5.88 Å². The first kappa shape index (κ1) is 8.01. The molecule has 0 unspecified atom stereocenters. The predicted octanol–water partition coefficient (Wildman–Crippen LogP) is 0.294. The fourth-order valence-electron chi connectivity index (χ4n) is 0.952. The summed E-state index contributed by atoms with van der Waals surface area (Å²) in [5, 5.41) is 2.76. The molecule has 0 spiro atoms. The van der Waals surface area contributed by atoms with Gasteiger partial charge >= 0.3 is 0 Å². The van der Waals surface area contributed by atoms with Gasteiger partial charge in [-0.3, -0.25) is 5.32 Å². The number of hydrogen-bond donors (Lipinski definition) is 1. The van der Waals surface area contributed by atoms with E-state index in [2.05, 4.69) is 5.32 Å². The second-order valence-corrected chi connectivity index (χ2v) is 4.47. The molecule has 4 heteroatoms. The van der Waals surface area contributed by atoms with Crippen molar-refractivity contribution in [3.63, 3.8) is 0 Å². The Bertz CT molecular complexity index is 172. The highest BCUT2D eigenvalue weighted by Gasteiger charge is 2.12. The highest BCUT2D eigenvalue weighted by Crippen LogP contribution is 2.04. The predicted molar refractivity (Wildman–Crippen MR) is 39.9 cm³/mol. The van der Waals surface area contributed by atoms with Gasteiger partial charge in [-0.15, -0.1) is 0 Å². The van der Waals surface area contributed by atoms with E-state index in [1.807, 2.05) is 0 Å². The molecule has 0 aromatic carbocycles. The molecular formula is C6H12NO2S. The summed E-state index contributed by atoms with van der Waals surface area (Å²) in [5.41, 5.74) is 0. The molecule has 0 atom stereocenters. The molecule has 3 nitrogen and oxygen atoms in total. The molecule has 0 amide bonds. The average Bonchev–Trinajstić information content (AvgIpc) is 1.81. The number of hydrogen-bond acceptors (Lipinski definition) is 3. The van der Waals surface area contributed by atoms with Crippen molar-refractivity contribution >= 4 is 9.84 Å². The molecule has 1 saturated heterocycles. The van der Waals surface area contributed by atoms with Crippen LogP contribution in [0, 0.1) is 5.88 Å². The zero-order chi connectivity index (χ0) is 7.45. The first-order valence-electron chi connectivity index (χ1n) is 3.50. The van der Waals surface area contributed by atoms with E-state index in [0.29, 0.717) is 5.75 Å². The monoisotopic (exact) mass is 162 g/mol. The van der Waals surface area contributed by atoms with Crippen LogP contribution in [0.3, 0.4) is 0 Å². The maximum atomic E-state index is 10.9. The van der Waals surface area contributed by atoms with Crippen molar-refractivity contribution < 1.29 is 8.42 Å².